The van der Waals surface area contributed by atoms with E-state index in [0.29, 0.717) is 39.1 Å². The summed E-state index contributed by atoms with van der Waals surface area (Å²) in [6.07, 6.45) is 0. The van der Waals surface area contributed by atoms with Crippen molar-refractivity contribution < 1.29 is 21.4 Å². The molecule has 0 radical (unpaired) electrons. The van der Waals surface area contributed by atoms with Crippen molar-refractivity contribution in [1.29, 1.82) is 0 Å². The molecule has 224 valence electrons. The standard InChI is InChI=1S/C29H24ClN7O5S2/c1-4-43(38,39)23-10-7-20(8-11-23)31-28-33-27(30)34-29(35-28)32-21-9-12-25(18(3)15-21)37-36-22-6-5-19-13-17(2)14-26(24(19)16-22)44(40,41)42/h4-16H,1H2,2-3H3,(H,40,41,42)(H2,31,32,33,34,35). The van der Waals surface area contributed by atoms with E-state index in [2.05, 4.69) is 42.4 Å². The van der Waals surface area contributed by atoms with E-state index in [4.69, 9.17) is 11.6 Å². The molecule has 1 heterocycles. The second-order valence-electron chi connectivity index (χ2n) is 9.58. The monoisotopic (exact) mass is 649 g/mol. The molecule has 3 N–H and O–H groups in total. The maximum absolute atomic E-state index is 11.9. The maximum atomic E-state index is 11.9. The van der Waals surface area contributed by atoms with E-state index in [1.165, 1.54) is 18.2 Å². The third-order valence-corrected chi connectivity index (χ3v) is 8.75. The Morgan fingerprint density at radius 3 is 2.11 bits per heavy atom. The lowest BCUT2D eigenvalue weighted by Gasteiger charge is -2.10. The van der Waals surface area contributed by atoms with Gasteiger partial charge in [-0.2, -0.15) is 33.6 Å². The average Bonchev–Trinajstić information content (AvgIpc) is 2.96. The first-order valence-electron chi connectivity index (χ1n) is 12.8. The topological polar surface area (TPSA) is 176 Å². The zero-order valence-corrected chi connectivity index (χ0v) is 25.6. The number of aromatic nitrogens is 3. The molecule has 12 nitrogen and oxygen atoms in total. The second kappa shape index (κ2) is 12.1. The van der Waals surface area contributed by atoms with Crippen molar-refractivity contribution in [3.05, 3.63) is 101 Å². The molecule has 0 saturated carbocycles. The Kier molecular flexibility index (Phi) is 8.43. The number of halogens is 1. The lowest BCUT2D eigenvalue weighted by atomic mass is 10.1. The van der Waals surface area contributed by atoms with Crippen molar-refractivity contribution in [2.24, 2.45) is 10.2 Å². The number of hydrogen-bond donors (Lipinski definition) is 3. The van der Waals surface area contributed by atoms with E-state index >= 15 is 0 Å². The number of nitrogens with one attached hydrogen (secondary N) is 2. The highest BCUT2D eigenvalue weighted by molar-refractivity contribution is 7.94. The fourth-order valence-electron chi connectivity index (χ4n) is 4.23. The van der Waals surface area contributed by atoms with Gasteiger partial charge in [-0.25, -0.2) is 8.42 Å². The smallest absolute Gasteiger partial charge is 0.295 e. The molecule has 5 rings (SSSR count). The van der Waals surface area contributed by atoms with Crippen molar-refractivity contribution in [3.63, 3.8) is 0 Å². The third-order valence-electron chi connectivity index (χ3n) is 6.31. The summed E-state index contributed by atoms with van der Waals surface area (Å²) in [5.41, 5.74) is 3.60. The second-order valence-corrected chi connectivity index (χ2v) is 13.2. The van der Waals surface area contributed by atoms with Gasteiger partial charge in [-0.15, -0.1) is 0 Å². The summed E-state index contributed by atoms with van der Waals surface area (Å²) in [7, 11) is -7.98. The summed E-state index contributed by atoms with van der Waals surface area (Å²) < 4.78 is 57.4. The quantitative estimate of drug-likeness (QED) is 0.108. The van der Waals surface area contributed by atoms with Gasteiger partial charge in [-0.3, -0.25) is 4.55 Å². The van der Waals surface area contributed by atoms with Crippen LogP contribution in [0, 0.1) is 13.8 Å². The van der Waals surface area contributed by atoms with Crippen molar-refractivity contribution in [3.8, 4) is 0 Å². The van der Waals surface area contributed by atoms with Gasteiger partial charge in [-0.05, 0) is 103 Å². The summed E-state index contributed by atoms with van der Waals surface area (Å²) in [5.74, 6) is 0.296. The van der Waals surface area contributed by atoms with Crippen LogP contribution in [0.15, 0.2) is 105 Å². The van der Waals surface area contributed by atoms with Gasteiger partial charge in [0.15, 0.2) is 9.84 Å². The van der Waals surface area contributed by atoms with Gasteiger partial charge in [0.1, 0.15) is 4.90 Å². The Morgan fingerprint density at radius 2 is 1.48 bits per heavy atom. The number of azo groups is 1. The molecule has 0 atom stereocenters. The van der Waals surface area contributed by atoms with Gasteiger partial charge in [0.05, 0.1) is 16.3 Å². The lowest BCUT2D eigenvalue weighted by Crippen LogP contribution is -2.04. The van der Waals surface area contributed by atoms with Crippen LogP contribution < -0.4 is 10.6 Å². The molecule has 5 aromatic rings. The lowest BCUT2D eigenvalue weighted by molar-refractivity contribution is 0.484. The highest BCUT2D eigenvalue weighted by atomic mass is 35.5. The summed E-state index contributed by atoms with van der Waals surface area (Å²) in [6.45, 7) is 6.90. The summed E-state index contributed by atoms with van der Waals surface area (Å²) >= 11 is 6.11. The molecule has 15 heteroatoms. The minimum atomic E-state index is -4.43. The minimum absolute atomic E-state index is 0.0688. The number of anilines is 4. The fourth-order valence-corrected chi connectivity index (χ4v) is 5.89. The summed E-state index contributed by atoms with van der Waals surface area (Å²) in [5, 5.41) is 16.4. The van der Waals surface area contributed by atoms with Gasteiger partial charge in [0, 0.05) is 22.2 Å². The Labute approximate surface area is 258 Å². The molecule has 0 saturated heterocycles. The molecule has 4 aromatic carbocycles. The first-order chi connectivity index (χ1) is 20.8. The van der Waals surface area contributed by atoms with Crippen molar-refractivity contribution in [2.45, 2.75) is 23.6 Å². The van der Waals surface area contributed by atoms with Crippen LogP contribution in [0.25, 0.3) is 10.8 Å². The first kappa shape index (κ1) is 30.7. The number of benzene rings is 4. The van der Waals surface area contributed by atoms with Crippen LogP contribution in [0.5, 0.6) is 0 Å². The van der Waals surface area contributed by atoms with E-state index in [1.807, 2.05) is 13.0 Å². The normalized spacial score (nSPS) is 12.0. The molecule has 0 amide bonds. The molecule has 0 aliphatic heterocycles. The Morgan fingerprint density at radius 1 is 0.818 bits per heavy atom. The van der Waals surface area contributed by atoms with Crippen LogP contribution in [-0.4, -0.2) is 36.3 Å². The van der Waals surface area contributed by atoms with Gasteiger partial charge in [-0.1, -0.05) is 18.7 Å². The number of hydrogen-bond acceptors (Lipinski definition) is 11. The molecular formula is C29H24ClN7O5S2. The molecule has 0 bridgehead atoms. The van der Waals surface area contributed by atoms with Crippen LogP contribution in [0.4, 0.5) is 34.6 Å². The maximum Gasteiger partial charge on any atom is 0.295 e. The number of nitrogens with zero attached hydrogens (tertiary/aromatic N) is 5. The van der Waals surface area contributed by atoms with E-state index in [0.717, 1.165) is 11.0 Å². The molecule has 1 aromatic heterocycles. The van der Waals surface area contributed by atoms with E-state index < -0.39 is 20.0 Å². The molecule has 0 spiro atoms. The van der Waals surface area contributed by atoms with E-state index in [-0.39, 0.29) is 27.0 Å². The summed E-state index contributed by atoms with van der Waals surface area (Å²) in [4.78, 5) is 12.4. The van der Waals surface area contributed by atoms with Crippen molar-refractivity contribution in [1.82, 2.24) is 15.0 Å². The minimum Gasteiger partial charge on any atom is -0.324 e. The van der Waals surface area contributed by atoms with E-state index in [1.54, 1.807) is 55.5 Å². The van der Waals surface area contributed by atoms with Gasteiger partial charge >= 0.3 is 0 Å². The first-order valence-corrected chi connectivity index (χ1v) is 16.1. The number of rotatable bonds is 9. The zero-order valence-electron chi connectivity index (χ0n) is 23.2. The highest BCUT2D eigenvalue weighted by Gasteiger charge is 2.15. The Hall–Kier alpha value is -4.76. The highest BCUT2D eigenvalue weighted by Crippen LogP contribution is 2.31. The Balaban J connectivity index is 1.33. The van der Waals surface area contributed by atoms with Gasteiger partial charge in [0.2, 0.25) is 17.2 Å². The summed E-state index contributed by atoms with van der Waals surface area (Å²) in [6, 6.07) is 19.5. The number of aryl methyl sites for hydroxylation is 2. The number of fused-ring (bicyclic) bond motifs is 1. The molecular weight excluding hydrogens is 626 g/mol. The van der Waals surface area contributed by atoms with Crippen molar-refractivity contribution in [2.75, 3.05) is 10.6 Å². The van der Waals surface area contributed by atoms with Gasteiger partial charge < -0.3 is 10.6 Å². The SMILES string of the molecule is C=CS(=O)(=O)c1ccc(Nc2nc(Cl)nc(Nc3ccc(N=Nc4ccc5cc(C)cc(S(=O)(=O)O)c5c4)c(C)c3)n2)cc1. The third kappa shape index (κ3) is 7.06. The molecule has 0 fully saturated rings. The van der Waals surface area contributed by atoms with Crippen LogP contribution in [0.2, 0.25) is 5.28 Å². The largest absolute Gasteiger partial charge is 0.324 e. The average molecular weight is 650 g/mol. The fraction of sp³-hybridized carbons (Fsp3) is 0.0690. The van der Waals surface area contributed by atoms with Crippen LogP contribution in [0.3, 0.4) is 0 Å². The van der Waals surface area contributed by atoms with Crippen LogP contribution in [0.1, 0.15) is 11.1 Å². The molecule has 0 aliphatic rings. The Bertz CT molecular complexity index is 2170. The van der Waals surface area contributed by atoms with Gasteiger partial charge in [0.25, 0.3) is 10.1 Å². The number of sulfone groups is 1. The molecule has 0 unspecified atom stereocenters. The predicted octanol–water partition coefficient (Wildman–Crippen LogP) is 7.36. The molecule has 0 aliphatic carbocycles. The van der Waals surface area contributed by atoms with E-state index in [9.17, 15) is 21.4 Å². The van der Waals surface area contributed by atoms with Crippen molar-refractivity contribution >= 4 is 77.0 Å². The van der Waals surface area contributed by atoms with Crippen LogP contribution in [-0.2, 0) is 20.0 Å². The zero-order chi connectivity index (χ0) is 31.6. The molecule has 44 heavy (non-hydrogen) atoms. The predicted molar refractivity (Wildman–Crippen MR) is 169 cm³/mol. The van der Waals surface area contributed by atoms with Crippen LogP contribution >= 0.6 is 11.6 Å².